The molecule has 1 aliphatic rings. The predicted octanol–water partition coefficient (Wildman–Crippen LogP) is 1.61. The highest BCUT2D eigenvalue weighted by Gasteiger charge is 2.37. The van der Waals surface area contributed by atoms with E-state index in [1.165, 1.54) is 0 Å². The average Bonchev–Trinajstić information content (AvgIpc) is 3.08. The van der Waals surface area contributed by atoms with Crippen LogP contribution in [0.25, 0.3) is 10.9 Å². The van der Waals surface area contributed by atoms with E-state index >= 15 is 0 Å². The first kappa shape index (κ1) is 17.1. The third-order valence-corrected chi connectivity index (χ3v) is 6.84. The maximum atomic E-state index is 13.6. The van der Waals surface area contributed by atoms with Crippen molar-refractivity contribution in [1.29, 1.82) is 0 Å². The summed E-state index contributed by atoms with van der Waals surface area (Å²) in [5.41, 5.74) is 1.68. The lowest BCUT2D eigenvalue weighted by Gasteiger charge is -2.34. The van der Waals surface area contributed by atoms with E-state index in [0.29, 0.717) is 29.9 Å². The lowest BCUT2D eigenvalue weighted by molar-refractivity contribution is 0.258. The molecule has 1 fully saturated rings. The molecule has 7 nitrogen and oxygen atoms in total. The van der Waals surface area contributed by atoms with Crippen molar-refractivity contribution >= 4 is 20.9 Å². The molecule has 0 aliphatic carbocycles. The van der Waals surface area contributed by atoms with Gasteiger partial charge < -0.3 is 9.88 Å². The molecule has 26 heavy (non-hydrogen) atoms. The number of hydrogen-bond acceptors (Lipinski definition) is 5. The average molecular weight is 371 g/mol. The zero-order chi connectivity index (χ0) is 18.3. The van der Waals surface area contributed by atoms with E-state index in [1.54, 1.807) is 28.8 Å². The van der Waals surface area contributed by atoms with Crippen molar-refractivity contribution in [2.45, 2.75) is 17.9 Å². The predicted molar refractivity (Wildman–Crippen MR) is 99.2 cm³/mol. The van der Waals surface area contributed by atoms with Gasteiger partial charge in [-0.3, -0.25) is 4.98 Å². The van der Waals surface area contributed by atoms with Gasteiger partial charge in [0.2, 0.25) is 10.0 Å². The van der Waals surface area contributed by atoms with Crippen LogP contribution >= 0.6 is 0 Å². The van der Waals surface area contributed by atoms with Crippen molar-refractivity contribution in [3.05, 3.63) is 54.2 Å². The molecule has 8 heteroatoms. The monoisotopic (exact) mass is 371 g/mol. The minimum absolute atomic E-state index is 0.298. The topological polar surface area (TPSA) is 80.1 Å². The molecule has 1 aromatic carbocycles. The fourth-order valence-electron chi connectivity index (χ4n) is 3.53. The number of nitrogens with zero attached hydrogens (tertiary/aromatic N) is 4. The van der Waals surface area contributed by atoms with Crippen LogP contribution in [0.4, 0.5) is 0 Å². The Hall–Kier alpha value is -2.29. The molecule has 1 atom stereocenters. The minimum atomic E-state index is -3.70. The molecule has 1 saturated heterocycles. The number of pyridine rings is 1. The smallest absolute Gasteiger partial charge is 0.244 e. The first-order valence-corrected chi connectivity index (χ1v) is 9.98. The number of aryl methyl sites for hydroxylation is 2. The number of piperazine rings is 1. The molecule has 4 rings (SSSR count). The van der Waals surface area contributed by atoms with Crippen LogP contribution in [0.5, 0.6) is 0 Å². The SMILES string of the molecule is Cc1ccc(S(=O)(=O)N2CCNCC2c2nccn2C)c2cccnc12. The summed E-state index contributed by atoms with van der Waals surface area (Å²) < 4.78 is 30.6. The van der Waals surface area contributed by atoms with Crippen LogP contribution in [0.2, 0.25) is 0 Å². The van der Waals surface area contributed by atoms with Crippen molar-refractivity contribution in [2.24, 2.45) is 7.05 Å². The van der Waals surface area contributed by atoms with Crippen LogP contribution in [0, 0.1) is 6.92 Å². The van der Waals surface area contributed by atoms with Gasteiger partial charge in [0.1, 0.15) is 5.82 Å². The molecule has 0 saturated carbocycles. The van der Waals surface area contributed by atoms with Gasteiger partial charge in [-0.2, -0.15) is 4.31 Å². The van der Waals surface area contributed by atoms with Crippen molar-refractivity contribution in [2.75, 3.05) is 19.6 Å². The summed E-state index contributed by atoms with van der Waals surface area (Å²) >= 11 is 0. The number of hydrogen-bond donors (Lipinski definition) is 1. The Kier molecular flexibility index (Phi) is 4.26. The Morgan fingerprint density at radius 1 is 1.19 bits per heavy atom. The molecule has 3 aromatic rings. The van der Waals surface area contributed by atoms with Crippen molar-refractivity contribution in [1.82, 2.24) is 24.2 Å². The van der Waals surface area contributed by atoms with Gasteiger partial charge in [0.15, 0.2) is 0 Å². The number of nitrogens with one attached hydrogen (secondary N) is 1. The number of imidazole rings is 1. The van der Waals surface area contributed by atoms with Gasteiger partial charge in [-0.1, -0.05) is 6.07 Å². The Bertz CT molecular complexity index is 1060. The van der Waals surface area contributed by atoms with E-state index in [1.807, 2.05) is 36.9 Å². The van der Waals surface area contributed by atoms with Crippen molar-refractivity contribution in [3.8, 4) is 0 Å². The Morgan fingerprint density at radius 2 is 2.04 bits per heavy atom. The molecular formula is C18H21N5O2S. The van der Waals surface area contributed by atoms with E-state index in [9.17, 15) is 8.42 Å². The number of benzene rings is 1. The molecular weight excluding hydrogens is 350 g/mol. The Labute approximate surface area is 152 Å². The van der Waals surface area contributed by atoms with Crippen LogP contribution in [0.3, 0.4) is 0 Å². The van der Waals surface area contributed by atoms with Crippen molar-refractivity contribution < 1.29 is 8.42 Å². The van der Waals surface area contributed by atoms with Crippen LogP contribution < -0.4 is 5.32 Å². The van der Waals surface area contributed by atoms with Gasteiger partial charge >= 0.3 is 0 Å². The summed E-state index contributed by atoms with van der Waals surface area (Å²) in [6.07, 6.45) is 5.22. The van der Waals surface area contributed by atoms with Gasteiger partial charge in [0.05, 0.1) is 16.5 Å². The molecule has 1 N–H and O–H groups in total. The van der Waals surface area contributed by atoms with E-state index in [0.717, 1.165) is 16.9 Å². The number of fused-ring (bicyclic) bond motifs is 1. The van der Waals surface area contributed by atoms with Gasteiger partial charge in [-0.15, -0.1) is 0 Å². The van der Waals surface area contributed by atoms with Crippen molar-refractivity contribution in [3.63, 3.8) is 0 Å². The highest BCUT2D eigenvalue weighted by Crippen LogP contribution is 2.32. The van der Waals surface area contributed by atoms with E-state index in [4.69, 9.17) is 0 Å². The summed E-state index contributed by atoms with van der Waals surface area (Å²) in [7, 11) is -1.82. The minimum Gasteiger partial charge on any atom is -0.337 e. The van der Waals surface area contributed by atoms with Gasteiger partial charge in [0.25, 0.3) is 0 Å². The Morgan fingerprint density at radius 3 is 2.81 bits per heavy atom. The third-order valence-electron chi connectivity index (χ3n) is 4.87. The highest BCUT2D eigenvalue weighted by atomic mass is 32.2. The summed E-state index contributed by atoms with van der Waals surface area (Å²) in [5.74, 6) is 0.732. The molecule has 2 aromatic heterocycles. The second kappa shape index (κ2) is 6.46. The lowest BCUT2D eigenvalue weighted by Crippen LogP contribution is -2.49. The summed E-state index contributed by atoms with van der Waals surface area (Å²) in [6.45, 7) is 3.48. The van der Waals surface area contributed by atoms with Gasteiger partial charge in [-0.05, 0) is 30.7 Å². The second-order valence-corrected chi connectivity index (χ2v) is 8.37. The van der Waals surface area contributed by atoms with E-state index in [-0.39, 0.29) is 6.04 Å². The van der Waals surface area contributed by atoms with Crippen LogP contribution in [0.15, 0.2) is 47.8 Å². The number of rotatable bonds is 3. The van der Waals surface area contributed by atoms with Gasteiger partial charge in [-0.25, -0.2) is 13.4 Å². The molecule has 3 heterocycles. The van der Waals surface area contributed by atoms with Gasteiger partial charge in [0, 0.05) is 50.7 Å². The maximum Gasteiger partial charge on any atom is 0.244 e. The van der Waals surface area contributed by atoms with E-state index in [2.05, 4.69) is 15.3 Å². The summed E-state index contributed by atoms with van der Waals surface area (Å²) in [4.78, 5) is 9.05. The molecule has 1 unspecified atom stereocenters. The zero-order valence-electron chi connectivity index (χ0n) is 14.8. The van der Waals surface area contributed by atoms with Crippen LogP contribution in [-0.4, -0.2) is 46.9 Å². The zero-order valence-corrected chi connectivity index (χ0v) is 15.6. The summed E-state index contributed by atoms with van der Waals surface area (Å²) in [5, 5.41) is 3.94. The number of aromatic nitrogens is 3. The fraction of sp³-hybridized carbons (Fsp3) is 0.333. The van der Waals surface area contributed by atoms with Crippen LogP contribution in [-0.2, 0) is 17.1 Å². The molecule has 136 valence electrons. The molecule has 0 radical (unpaired) electrons. The molecule has 0 spiro atoms. The largest absolute Gasteiger partial charge is 0.337 e. The highest BCUT2D eigenvalue weighted by molar-refractivity contribution is 7.89. The van der Waals surface area contributed by atoms with Crippen LogP contribution in [0.1, 0.15) is 17.4 Å². The maximum absolute atomic E-state index is 13.6. The molecule has 0 bridgehead atoms. The molecule has 0 amide bonds. The summed E-state index contributed by atoms with van der Waals surface area (Å²) in [6, 6.07) is 6.75. The van der Waals surface area contributed by atoms with E-state index < -0.39 is 10.0 Å². The fourth-order valence-corrected chi connectivity index (χ4v) is 5.30. The first-order chi connectivity index (χ1) is 12.5. The first-order valence-electron chi connectivity index (χ1n) is 8.54. The quantitative estimate of drug-likeness (QED) is 0.757. The second-order valence-electron chi connectivity index (χ2n) is 6.51. The Balaban J connectivity index is 1.86. The third kappa shape index (κ3) is 2.70. The molecule has 1 aliphatic heterocycles. The lowest BCUT2D eigenvalue weighted by atomic mass is 10.1. The standard InChI is InChI=1S/C18H21N5O2S/c1-13-5-6-16(14-4-3-7-20-17(13)14)26(24,25)23-11-8-19-12-15(23)18-21-9-10-22(18)2/h3-7,9-10,15,19H,8,11-12H2,1-2H3. The normalized spacial score (nSPS) is 19.1. The number of sulfonamides is 1.